The standard InChI is InChI=1S/C20H25N3O5/c1-13(15-4-5-17(27-2)18(10-15)28-3)22-12-16(11-21)19(24)23-8-6-14(7-9-23)20(25)26/h4-5,10,12-14,22H,6-9H2,1-3H3,(H,25,26)/b16-12-. The smallest absolute Gasteiger partial charge is 0.306 e. The van der Waals surface area contributed by atoms with Gasteiger partial charge in [-0.05, 0) is 37.5 Å². The molecule has 2 N–H and O–H groups in total. The summed E-state index contributed by atoms with van der Waals surface area (Å²) in [4.78, 5) is 25.1. The molecule has 0 aliphatic carbocycles. The lowest BCUT2D eigenvalue weighted by Crippen LogP contribution is -2.41. The van der Waals surface area contributed by atoms with Crippen molar-refractivity contribution in [3.8, 4) is 17.6 Å². The van der Waals surface area contributed by atoms with Crippen molar-refractivity contribution in [1.82, 2.24) is 10.2 Å². The van der Waals surface area contributed by atoms with Gasteiger partial charge in [0.25, 0.3) is 5.91 Å². The van der Waals surface area contributed by atoms with Crippen molar-refractivity contribution in [2.24, 2.45) is 5.92 Å². The van der Waals surface area contributed by atoms with Crippen molar-refractivity contribution in [2.45, 2.75) is 25.8 Å². The summed E-state index contributed by atoms with van der Waals surface area (Å²) in [7, 11) is 3.12. The Hall–Kier alpha value is -3.21. The Morgan fingerprint density at radius 3 is 2.46 bits per heavy atom. The summed E-state index contributed by atoms with van der Waals surface area (Å²) in [5.41, 5.74) is 0.891. The van der Waals surface area contributed by atoms with Gasteiger partial charge in [0.05, 0.1) is 20.1 Å². The number of methoxy groups -OCH3 is 2. The Kier molecular flexibility index (Phi) is 7.27. The number of aliphatic carboxylic acids is 1. The molecule has 1 fully saturated rings. The van der Waals surface area contributed by atoms with Crippen LogP contribution in [0, 0.1) is 17.2 Å². The highest BCUT2D eigenvalue weighted by molar-refractivity contribution is 5.97. The van der Waals surface area contributed by atoms with E-state index in [4.69, 9.17) is 14.6 Å². The maximum atomic E-state index is 12.6. The first-order valence-electron chi connectivity index (χ1n) is 9.01. The van der Waals surface area contributed by atoms with Gasteiger partial charge in [0.15, 0.2) is 11.5 Å². The van der Waals surface area contributed by atoms with Crippen LogP contribution in [-0.4, -0.2) is 49.2 Å². The van der Waals surface area contributed by atoms with Crippen LogP contribution in [-0.2, 0) is 9.59 Å². The SMILES string of the molecule is COc1ccc(C(C)N/C=C(/C#N)C(=O)N2CCC(C(=O)O)CC2)cc1OC. The van der Waals surface area contributed by atoms with E-state index in [1.807, 2.05) is 25.1 Å². The van der Waals surface area contributed by atoms with Gasteiger partial charge >= 0.3 is 5.97 Å². The van der Waals surface area contributed by atoms with Crippen LogP contribution in [0.2, 0.25) is 0 Å². The average Bonchev–Trinajstić information content (AvgIpc) is 2.73. The number of likely N-dealkylation sites (tertiary alicyclic amines) is 1. The van der Waals surface area contributed by atoms with E-state index in [2.05, 4.69) is 5.32 Å². The Balaban J connectivity index is 2.03. The summed E-state index contributed by atoms with van der Waals surface area (Å²) in [5, 5.41) is 21.5. The fourth-order valence-corrected chi connectivity index (χ4v) is 3.07. The number of hydrogen-bond acceptors (Lipinski definition) is 6. The van der Waals surface area contributed by atoms with Crippen LogP contribution in [0.4, 0.5) is 0 Å². The molecule has 1 heterocycles. The number of carboxylic acid groups (broad SMARTS) is 1. The third kappa shape index (κ3) is 4.94. The first-order valence-corrected chi connectivity index (χ1v) is 9.01. The number of carbonyl (C=O) groups excluding carboxylic acids is 1. The van der Waals surface area contributed by atoms with Gasteiger partial charge < -0.3 is 24.8 Å². The van der Waals surface area contributed by atoms with Gasteiger partial charge in [-0.1, -0.05) is 6.07 Å². The molecule has 1 saturated heterocycles. The van der Waals surface area contributed by atoms with Crippen LogP contribution in [0.3, 0.4) is 0 Å². The number of nitrogens with one attached hydrogen (secondary N) is 1. The maximum absolute atomic E-state index is 12.6. The van der Waals surface area contributed by atoms with Gasteiger partial charge in [0, 0.05) is 25.3 Å². The Bertz CT molecular complexity index is 792. The molecule has 1 amide bonds. The van der Waals surface area contributed by atoms with Crippen molar-refractivity contribution in [1.29, 1.82) is 5.26 Å². The second kappa shape index (κ2) is 9.65. The summed E-state index contributed by atoms with van der Waals surface area (Å²) in [6.45, 7) is 2.57. The highest BCUT2D eigenvalue weighted by Gasteiger charge is 2.28. The topological polar surface area (TPSA) is 112 Å². The normalized spacial score (nSPS) is 16.1. The van der Waals surface area contributed by atoms with E-state index in [1.165, 1.54) is 11.1 Å². The molecule has 8 nitrogen and oxygen atoms in total. The number of benzene rings is 1. The van der Waals surface area contributed by atoms with Crippen LogP contribution < -0.4 is 14.8 Å². The van der Waals surface area contributed by atoms with Gasteiger partial charge in [-0.3, -0.25) is 9.59 Å². The lowest BCUT2D eigenvalue weighted by Gasteiger charge is -2.29. The van der Waals surface area contributed by atoms with Gasteiger partial charge in [0.1, 0.15) is 11.6 Å². The summed E-state index contributed by atoms with van der Waals surface area (Å²) < 4.78 is 10.5. The van der Waals surface area contributed by atoms with Crippen molar-refractivity contribution in [2.75, 3.05) is 27.3 Å². The third-order valence-corrected chi connectivity index (χ3v) is 4.87. The molecule has 1 atom stereocenters. The van der Waals surface area contributed by atoms with Crippen molar-refractivity contribution in [3.05, 3.63) is 35.5 Å². The minimum atomic E-state index is -0.839. The molecule has 1 aromatic carbocycles. The molecule has 1 unspecified atom stereocenters. The number of carbonyl (C=O) groups is 2. The molecule has 1 aliphatic rings. The Morgan fingerprint density at radius 1 is 1.29 bits per heavy atom. The average molecular weight is 387 g/mol. The summed E-state index contributed by atoms with van der Waals surface area (Å²) in [6, 6.07) is 7.25. The zero-order valence-electron chi connectivity index (χ0n) is 16.3. The number of rotatable bonds is 7. The summed E-state index contributed by atoms with van der Waals surface area (Å²) in [6.07, 6.45) is 2.21. The lowest BCUT2D eigenvalue weighted by atomic mass is 9.97. The molecule has 0 saturated carbocycles. The van der Waals surface area contributed by atoms with Crippen LogP contribution in [0.1, 0.15) is 31.4 Å². The molecule has 0 spiro atoms. The second-order valence-corrected chi connectivity index (χ2v) is 6.58. The van der Waals surface area contributed by atoms with E-state index >= 15 is 0 Å². The summed E-state index contributed by atoms with van der Waals surface area (Å²) in [5.74, 6) is -0.448. The van der Waals surface area contributed by atoms with Crippen molar-refractivity contribution in [3.63, 3.8) is 0 Å². The monoisotopic (exact) mass is 387 g/mol. The minimum Gasteiger partial charge on any atom is -0.493 e. The van der Waals surface area contributed by atoms with E-state index in [0.29, 0.717) is 37.4 Å². The van der Waals surface area contributed by atoms with Crippen molar-refractivity contribution < 1.29 is 24.2 Å². The molecule has 150 valence electrons. The van der Waals surface area contributed by atoms with Crippen LogP contribution in [0.25, 0.3) is 0 Å². The fourth-order valence-electron chi connectivity index (χ4n) is 3.07. The molecule has 0 aromatic heterocycles. The molecule has 1 aromatic rings. The number of hydrogen-bond donors (Lipinski definition) is 2. The van der Waals surface area contributed by atoms with Crippen molar-refractivity contribution >= 4 is 11.9 Å². The predicted molar refractivity (Wildman–Crippen MR) is 102 cm³/mol. The molecule has 2 rings (SSSR count). The van der Waals surface area contributed by atoms with E-state index in [1.54, 1.807) is 20.3 Å². The zero-order chi connectivity index (χ0) is 20.7. The molecule has 1 aliphatic heterocycles. The minimum absolute atomic E-state index is 0.0129. The van der Waals surface area contributed by atoms with Gasteiger partial charge in [-0.15, -0.1) is 0 Å². The summed E-state index contributed by atoms with van der Waals surface area (Å²) >= 11 is 0. The van der Waals surface area contributed by atoms with Gasteiger partial charge in [0.2, 0.25) is 0 Å². The molecular weight excluding hydrogens is 362 g/mol. The second-order valence-electron chi connectivity index (χ2n) is 6.58. The number of carboxylic acids is 1. The Morgan fingerprint density at radius 2 is 1.93 bits per heavy atom. The quantitative estimate of drug-likeness (QED) is 0.544. The number of nitriles is 1. The third-order valence-electron chi connectivity index (χ3n) is 4.87. The largest absolute Gasteiger partial charge is 0.493 e. The van der Waals surface area contributed by atoms with E-state index in [-0.39, 0.29) is 11.6 Å². The first-order chi connectivity index (χ1) is 13.4. The fraction of sp³-hybridized carbons (Fsp3) is 0.450. The number of amides is 1. The van der Waals surface area contributed by atoms with Crippen LogP contribution in [0.15, 0.2) is 30.0 Å². The van der Waals surface area contributed by atoms with Gasteiger partial charge in [-0.2, -0.15) is 5.26 Å². The first kappa shape index (κ1) is 21.1. The number of nitrogens with zero attached hydrogens (tertiary/aromatic N) is 2. The lowest BCUT2D eigenvalue weighted by molar-refractivity contribution is -0.145. The molecular formula is C20H25N3O5. The highest BCUT2D eigenvalue weighted by Crippen LogP contribution is 2.30. The molecule has 8 heteroatoms. The predicted octanol–water partition coefficient (Wildman–Crippen LogP) is 2.09. The molecule has 28 heavy (non-hydrogen) atoms. The van der Waals surface area contributed by atoms with E-state index in [9.17, 15) is 14.9 Å². The maximum Gasteiger partial charge on any atom is 0.306 e. The van der Waals surface area contributed by atoms with Gasteiger partial charge in [-0.25, -0.2) is 0 Å². The number of piperidine rings is 1. The molecule has 0 radical (unpaired) electrons. The Labute approximate surface area is 164 Å². The van der Waals surface area contributed by atoms with Crippen LogP contribution in [0.5, 0.6) is 11.5 Å². The molecule has 0 bridgehead atoms. The highest BCUT2D eigenvalue weighted by atomic mass is 16.5. The van der Waals surface area contributed by atoms with E-state index in [0.717, 1.165) is 5.56 Å². The number of ether oxygens (including phenoxy) is 2. The van der Waals surface area contributed by atoms with Crippen LogP contribution >= 0.6 is 0 Å². The zero-order valence-corrected chi connectivity index (χ0v) is 16.3. The van der Waals surface area contributed by atoms with E-state index < -0.39 is 17.8 Å².